The maximum Gasteiger partial charge on any atom is 0.343 e. The number of benzene rings is 3. The summed E-state index contributed by atoms with van der Waals surface area (Å²) in [5.74, 6) is -0.172. The Morgan fingerprint density at radius 3 is 1.36 bits per heavy atom. The second-order valence-electron chi connectivity index (χ2n) is 11.4. The van der Waals surface area contributed by atoms with Crippen molar-refractivity contribution < 1.29 is 33.3 Å². The van der Waals surface area contributed by atoms with Gasteiger partial charge in [-0.15, -0.1) is 0 Å². The first-order valence-corrected chi connectivity index (χ1v) is 16.5. The average molecular weight is 617 g/mol. The normalized spacial score (nSPS) is 11.4. The van der Waals surface area contributed by atoms with E-state index in [1.807, 2.05) is 13.8 Å². The molecule has 0 amide bonds. The molecule has 0 bridgehead atoms. The minimum atomic E-state index is -0.576. The summed E-state index contributed by atoms with van der Waals surface area (Å²) in [5.41, 5.74) is 1.07. The Bertz CT molecular complexity index is 1300. The smallest absolute Gasteiger partial charge is 0.343 e. The fourth-order valence-electron chi connectivity index (χ4n) is 4.83. The first kappa shape index (κ1) is 35.4. The lowest BCUT2D eigenvalue weighted by atomic mass is 10.1. The maximum atomic E-state index is 12.6. The van der Waals surface area contributed by atoms with E-state index < -0.39 is 17.9 Å². The van der Waals surface area contributed by atoms with Crippen molar-refractivity contribution in [2.45, 2.75) is 104 Å². The van der Waals surface area contributed by atoms with Gasteiger partial charge in [0.15, 0.2) is 0 Å². The SMILES string of the molecule is CCCCCCCCCCCCOc1ccc(C(=O)Oc2ccc(C(=O)Oc3ccc(C(=O)OC(C)CCC)cc3)cc2)cc1. The minimum Gasteiger partial charge on any atom is -0.494 e. The standard InChI is InChI=1S/C38H48O7/c1-4-6-7-8-9-10-11-12-13-14-28-42-33-22-16-31(17-23-33)37(40)44-35-26-20-32(21-27-35)38(41)45-34-24-18-30(19-25-34)36(39)43-29(3)15-5-2/h16-27,29H,4-15,28H2,1-3H3. The second kappa shape index (κ2) is 20.0. The Labute approximate surface area is 268 Å². The largest absolute Gasteiger partial charge is 0.494 e. The predicted molar refractivity (Wildman–Crippen MR) is 176 cm³/mol. The van der Waals surface area contributed by atoms with Crippen LogP contribution in [0.1, 0.15) is 129 Å². The molecule has 0 radical (unpaired) electrons. The van der Waals surface area contributed by atoms with Gasteiger partial charge in [-0.1, -0.05) is 78.1 Å². The molecule has 45 heavy (non-hydrogen) atoms. The lowest BCUT2D eigenvalue weighted by Gasteiger charge is -2.12. The number of hydrogen-bond donors (Lipinski definition) is 0. The first-order chi connectivity index (χ1) is 21.9. The third-order valence-electron chi connectivity index (χ3n) is 7.46. The van der Waals surface area contributed by atoms with E-state index in [1.54, 1.807) is 48.5 Å². The van der Waals surface area contributed by atoms with Crippen LogP contribution in [0.15, 0.2) is 72.8 Å². The fraction of sp³-hybridized carbons (Fsp3) is 0.447. The minimum absolute atomic E-state index is 0.161. The molecule has 0 saturated carbocycles. The summed E-state index contributed by atoms with van der Waals surface area (Å²) in [5, 5.41) is 0. The molecular formula is C38H48O7. The van der Waals surface area contributed by atoms with Crippen LogP contribution in [0.25, 0.3) is 0 Å². The van der Waals surface area contributed by atoms with E-state index in [9.17, 15) is 14.4 Å². The average Bonchev–Trinajstić information content (AvgIpc) is 3.04. The van der Waals surface area contributed by atoms with E-state index in [2.05, 4.69) is 6.92 Å². The summed E-state index contributed by atoms with van der Waals surface area (Å²) in [6.45, 7) is 6.80. The topological polar surface area (TPSA) is 88.1 Å². The molecule has 7 nitrogen and oxygen atoms in total. The number of carbonyl (C=O) groups excluding carboxylic acids is 3. The van der Waals surface area contributed by atoms with Gasteiger partial charge in [-0.2, -0.15) is 0 Å². The summed E-state index contributed by atoms with van der Waals surface area (Å²) < 4.78 is 22.1. The zero-order chi connectivity index (χ0) is 32.3. The Morgan fingerprint density at radius 2 is 0.911 bits per heavy atom. The quantitative estimate of drug-likeness (QED) is 0.0709. The molecule has 0 aliphatic carbocycles. The van der Waals surface area contributed by atoms with Crippen molar-refractivity contribution in [1.82, 2.24) is 0 Å². The zero-order valence-corrected chi connectivity index (χ0v) is 27.1. The van der Waals surface area contributed by atoms with Crippen LogP contribution in [0, 0.1) is 0 Å². The highest BCUT2D eigenvalue weighted by Crippen LogP contribution is 2.20. The molecule has 1 atom stereocenters. The molecule has 0 aromatic heterocycles. The van der Waals surface area contributed by atoms with Gasteiger partial charge < -0.3 is 18.9 Å². The van der Waals surface area contributed by atoms with Gasteiger partial charge in [0.25, 0.3) is 0 Å². The van der Waals surface area contributed by atoms with E-state index in [0.29, 0.717) is 29.2 Å². The van der Waals surface area contributed by atoms with E-state index >= 15 is 0 Å². The third kappa shape index (κ3) is 13.2. The summed E-state index contributed by atoms with van der Waals surface area (Å²) in [6, 6.07) is 19.2. The number of carbonyl (C=O) groups is 3. The van der Waals surface area contributed by atoms with Crippen LogP contribution in [-0.2, 0) is 4.74 Å². The second-order valence-corrected chi connectivity index (χ2v) is 11.4. The van der Waals surface area contributed by atoms with Gasteiger partial charge in [0.2, 0.25) is 0 Å². The van der Waals surface area contributed by atoms with E-state index in [4.69, 9.17) is 18.9 Å². The van der Waals surface area contributed by atoms with Crippen LogP contribution < -0.4 is 14.2 Å². The third-order valence-corrected chi connectivity index (χ3v) is 7.46. The van der Waals surface area contributed by atoms with Gasteiger partial charge in [0.05, 0.1) is 29.4 Å². The van der Waals surface area contributed by atoms with Crippen LogP contribution in [0.2, 0.25) is 0 Å². The Morgan fingerprint density at radius 1 is 0.511 bits per heavy atom. The van der Waals surface area contributed by atoms with E-state index in [-0.39, 0.29) is 11.7 Å². The summed E-state index contributed by atoms with van der Waals surface area (Å²) in [6.07, 6.45) is 14.3. The monoisotopic (exact) mass is 616 g/mol. The summed E-state index contributed by atoms with van der Waals surface area (Å²) in [4.78, 5) is 37.5. The van der Waals surface area contributed by atoms with Crippen LogP contribution in [0.5, 0.6) is 17.2 Å². The van der Waals surface area contributed by atoms with Crippen molar-refractivity contribution in [3.8, 4) is 17.2 Å². The number of rotatable bonds is 20. The van der Waals surface area contributed by atoms with Crippen molar-refractivity contribution in [1.29, 1.82) is 0 Å². The molecule has 3 aromatic rings. The number of esters is 3. The molecule has 0 aliphatic heterocycles. The van der Waals surface area contributed by atoms with Crippen LogP contribution >= 0.6 is 0 Å². The fourth-order valence-corrected chi connectivity index (χ4v) is 4.83. The molecular weight excluding hydrogens is 568 g/mol. The van der Waals surface area contributed by atoms with Gasteiger partial charge in [-0.3, -0.25) is 0 Å². The number of hydrogen-bond acceptors (Lipinski definition) is 7. The first-order valence-electron chi connectivity index (χ1n) is 16.5. The van der Waals surface area contributed by atoms with Gasteiger partial charge >= 0.3 is 17.9 Å². The Hall–Kier alpha value is -4.13. The summed E-state index contributed by atoms with van der Waals surface area (Å²) >= 11 is 0. The highest BCUT2D eigenvalue weighted by atomic mass is 16.5. The van der Waals surface area contributed by atoms with Gasteiger partial charge in [-0.05, 0) is 92.6 Å². The van der Waals surface area contributed by atoms with Crippen LogP contribution in [0.3, 0.4) is 0 Å². The van der Waals surface area contributed by atoms with Crippen LogP contribution in [-0.4, -0.2) is 30.6 Å². The van der Waals surface area contributed by atoms with Crippen molar-refractivity contribution in [3.63, 3.8) is 0 Å². The Balaban J connectivity index is 1.36. The molecule has 0 fully saturated rings. The zero-order valence-electron chi connectivity index (χ0n) is 27.1. The van der Waals surface area contributed by atoms with Gasteiger partial charge in [-0.25, -0.2) is 14.4 Å². The molecule has 0 saturated heterocycles. The maximum absolute atomic E-state index is 12.6. The lowest BCUT2D eigenvalue weighted by Crippen LogP contribution is -2.14. The van der Waals surface area contributed by atoms with Crippen molar-refractivity contribution in [2.24, 2.45) is 0 Å². The lowest BCUT2D eigenvalue weighted by molar-refractivity contribution is 0.0323. The molecule has 0 N–H and O–H groups in total. The predicted octanol–water partition coefficient (Wildman–Crippen LogP) is 9.77. The summed E-state index contributed by atoms with van der Waals surface area (Å²) in [7, 11) is 0. The van der Waals surface area contributed by atoms with Gasteiger partial charge in [0, 0.05) is 0 Å². The van der Waals surface area contributed by atoms with Crippen molar-refractivity contribution in [2.75, 3.05) is 6.61 Å². The van der Waals surface area contributed by atoms with E-state index in [0.717, 1.165) is 25.0 Å². The Kier molecular flexibility index (Phi) is 15.7. The van der Waals surface area contributed by atoms with Gasteiger partial charge in [0.1, 0.15) is 17.2 Å². The molecule has 242 valence electrons. The highest BCUT2D eigenvalue weighted by Gasteiger charge is 2.14. The molecule has 1 unspecified atom stereocenters. The molecule has 3 aromatic carbocycles. The van der Waals surface area contributed by atoms with E-state index in [1.165, 1.54) is 82.1 Å². The molecule has 7 heteroatoms. The van der Waals surface area contributed by atoms with Crippen molar-refractivity contribution >= 4 is 17.9 Å². The molecule has 0 heterocycles. The van der Waals surface area contributed by atoms with Crippen molar-refractivity contribution in [3.05, 3.63) is 89.5 Å². The highest BCUT2D eigenvalue weighted by molar-refractivity contribution is 5.93. The number of unbranched alkanes of at least 4 members (excludes halogenated alkanes) is 9. The molecule has 0 spiro atoms. The molecule has 3 rings (SSSR count). The molecule has 0 aliphatic rings. The number of ether oxygens (including phenoxy) is 4. The van der Waals surface area contributed by atoms with Crippen LogP contribution in [0.4, 0.5) is 0 Å².